The third-order valence-electron chi connectivity index (χ3n) is 4.28. The van der Waals surface area contributed by atoms with Gasteiger partial charge >= 0.3 is 0 Å². The van der Waals surface area contributed by atoms with Gasteiger partial charge in [-0.15, -0.1) is 0 Å². The van der Waals surface area contributed by atoms with E-state index in [1.165, 1.54) is 19.7 Å². The van der Waals surface area contributed by atoms with E-state index in [2.05, 4.69) is 19.2 Å². The van der Waals surface area contributed by atoms with Gasteiger partial charge < -0.3 is 19.7 Å². The molecule has 0 aromatic heterocycles. The van der Waals surface area contributed by atoms with Crippen LogP contribution in [-0.2, 0) is 4.79 Å². The van der Waals surface area contributed by atoms with Crippen molar-refractivity contribution in [3.05, 3.63) is 53.6 Å². The summed E-state index contributed by atoms with van der Waals surface area (Å²) >= 11 is 0. The number of methoxy groups -OCH3 is 1. The topological polar surface area (TPSA) is 67.9 Å². The highest BCUT2D eigenvalue weighted by atomic mass is 16.5. The highest BCUT2D eigenvalue weighted by Crippen LogP contribution is 2.29. The molecule has 0 bridgehead atoms. The summed E-state index contributed by atoms with van der Waals surface area (Å²) in [7, 11) is 4.77. The molecule has 144 valence electrons. The van der Waals surface area contributed by atoms with Crippen LogP contribution in [0.4, 0.5) is 5.69 Å². The van der Waals surface area contributed by atoms with Crippen molar-refractivity contribution in [2.24, 2.45) is 0 Å². The summed E-state index contributed by atoms with van der Waals surface area (Å²) in [5.74, 6) is 0.774. The fourth-order valence-corrected chi connectivity index (χ4v) is 2.54. The summed E-state index contributed by atoms with van der Waals surface area (Å²) < 4.78 is 10.8. The minimum Gasteiger partial charge on any atom is -0.493 e. The Kier molecular flexibility index (Phi) is 6.82. The van der Waals surface area contributed by atoms with E-state index in [-0.39, 0.29) is 18.4 Å². The number of hydrogen-bond acceptors (Lipinski definition) is 4. The van der Waals surface area contributed by atoms with E-state index in [0.29, 0.717) is 23.0 Å². The molecule has 0 spiro atoms. The van der Waals surface area contributed by atoms with E-state index in [1.807, 2.05) is 24.3 Å². The second kappa shape index (κ2) is 9.07. The highest BCUT2D eigenvalue weighted by molar-refractivity contribution is 6.06. The molecule has 0 aliphatic rings. The van der Waals surface area contributed by atoms with Crippen LogP contribution in [0.2, 0.25) is 0 Å². The third-order valence-corrected chi connectivity index (χ3v) is 4.28. The van der Waals surface area contributed by atoms with Crippen molar-refractivity contribution >= 4 is 17.5 Å². The SMILES string of the molecule is CNC(=O)COc1ccc(C(=O)N(C)c2cccc(C(C)C)c2)cc1OC. The Morgan fingerprint density at radius 2 is 1.85 bits per heavy atom. The van der Waals surface area contributed by atoms with Gasteiger partial charge in [0.15, 0.2) is 18.1 Å². The molecule has 2 rings (SSSR count). The number of rotatable bonds is 7. The van der Waals surface area contributed by atoms with Crippen LogP contribution in [0.5, 0.6) is 11.5 Å². The van der Waals surface area contributed by atoms with E-state index >= 15 is 0 Å². The van der Waals surface area contributed by atoms with Crippen LogP contribution in [0.25, 0.3) is 0 Å². The lowest BCUT2D eigenvalue weighted by Gasteiger charge is -2.20. The summed E-state index contributed by atoms with van der Waals surface area (Å²) in [5, 5.41) is 2.48. The predicted molar refractivity (Wildman–Crippen MR) is 106 cm³/mol. The molecule has 0 unspecified atom stereocenters. The molecule has 0 radical (unpaired) electrons. The van der Waals surface area contributed by atoms with E-state index < -0.39 is 0 Å². The van der Waals surface area contributed by atoms with E-state index in [1.54, 1.807) is 30.1 Å². The number of nitrogens with one attached hydrogen (secondary N) is 1. The van der Waals surface area contributed by atoms with E-state index in [9.17, 15) is 9.59 Å². The minimum absolute atomic E-state index is 0.123. The number of anilines is 1. The molecule has 2 aromatic carbocycles. The van der Waals surface area contributed by atoms with Gasteiger partial charge in [-0.3, -0.25) is 9.59 Å². The van der Waals surface area contributed by atoms with Crippen LogP contribution in [-0.4, -0.2) is 39.6 Å². The standard InChI is InChI=1S/C21H26N2O4/c1-14(2)15-7-6-8-17(11-15)23(4)21(25)16-9-10-18(19(12-16)26-5)27-13-20(24)22-3/h6-12,14H,13H2,1-5H3,(H,22,24). The average molecular weight is 370 g/mol. The fraction of sp³-hybridized carbons (Fsp3) is 0.333. The normalized spacial score (nSPS) is 10.4. The maximum Gasteiger partial charge on any atom is 0.258 e. The first-order valence-electron chi connectivity index (χ1n) is 8.76. The smallest absolute Gasteiger partial charge is 0.258 e. The number of hydrogen-bond donors (Lipinski definition) is 1. The molecule has 27 heavy (non-hydrogen) atoms. The van der Waals surface area contributed by atoms with Crippen molar-refractivity contribution < 1.29 is 19.1 Å². The molecule has 0 aliphatic carbocycles. The zero-order valence-corrected chi connectivity index (χ0v) is 16.4. The first kappa shape index (κ1) is 20.3. The van der Waals surface area contributed by atoms with Gasteiger partial charge in [0.25, 0.3) is 11.8 Å². The Balaban J connectivity index is 2.22. The van der Waals surface area contributed by atoms with Crippen molar-refractivity contribution in [1.29, 1.82) is 0 Å². The molecule has 0 heterocycles. The van der Waals surface area contributed by atoms with E-state index in [4.69, 9.17) is 9.47 Å². The molecule has 0 atom stereocenters. The van der Waals surface area contributed by atoms with Crippen molar-refractivity contribution in [3.63, 3.8) is 0 Å². The Labute approximate surface area is 160 Å². The van der Waals surface area contributed by atoms with Crippen LogP contribution < -0.4 is 19.7 Å². The quantitative estimate of drug-likeness (QED) is 0.813. The second-order valence-corrected chi connectivity index (χ2v) is 6.44. The van der Waals surface area contributed by atoms with Crippen molar-refractivity contribution in [3.8, 4) is 11.5 Å². The number of benzene rings is 2. The summed E-state index contributed by atoms with van der Waals surface area (Å²) in [6, 6.07) is 12.8. The number of likely N-dealkylation sites (N-methyl/N-ethyl adjacent to an activating group) is 1. The Morgan fingerprint density at radius 3 is 2.48 bits per heavy atom. The highest BCUT2D eigenvalue weighted by Gasteiger charge is 2.17. The molecule has 2 aromatic rings. The molecule has 0 aliphatic heterocycles. The monoisotopic (exact) mass is 370 g/mol. The number of carbonyl (C=O) groups excluding carboxylic acids is 2. The lowest BCUT2D eigenvalue weighted by molar-refractivity contribution is -0.122. The zero-order valence-electron chi connectivity index (χ0n) is 16.4. The molecule has 6 heteroatoms. The van der Waals surface area contributed by atoms with Crippen molar-refractivity contribution in [2.45, 2.75) is 19.8 Å². The first-order valence-corrected chi connectivity index (χ1v) is 8.76. The largest absolute Gasteiger partial charge is 0.493 e. The molecule has 0 fully saturated rings. The first-order chi connectivity index (χ1) is 12.9. The lowest BCUT2D eigenvalue weighted by Crippen LogP contribution is -2.26. The second-order valence-electron chi connectivity index (χ2n) is 6.44. The molecular formula is C21H26N2O4. The summed E-state index contributed by atoms with van der Waals surface area (Å²) in [5.41, 5.74) is 2.46. The number of nitrogens with zero attached hydrogens (tertiary/aromatic N) is 1. The molecule has 1 N–H and O–H groups in total. The van der Waals surface area contributed by atoms with Crippen LogP contribution in [0.15, 0.2) is 42.5 Å². The van der Waals surface area contributed by atoms with Gasteiger partial charge in [-0.1, -0.05) is 26.0 Å². The van der Waals surface area contributed by atoms with Gasteiger partial charge in [0.2, 0.25) is 0 Å². The summed E-state index contributed by atoms with van der Waals surface area (Å²) in [6.45, 7) is 4.11. The Bertz CT molecular complexity index is 818. The number of carbonyl (C=O) groups is 2. The van der Waals surface area contributed by atoms with Gasteiger partial charge in [0.1, 0.15) is 0 Å². The van der Waals surface area contributed by atoms with Gasteiger partial charge in [-0.05, 0) is 41.8 Å². The van der Waals surface area contributed by atoms with E-state index in [0.717, 1.165) is 5.69 Å². The molecule has 0 saturated carbocycles. The zero-order chi connectivity index (χ0) is 20.0. The average Bonchev–Trinajstić information content (AvgIpc) is 2.70. The summed E-state index contributed by atoms with van der Waals surface area (Å²) in [6.07, 6.45) is 0. The Morgan fingerprint density at radius 1 is 1.11 bits per heavy atom. The third kappa shape index (κ3) is 5.00. The van der Waals surface area contributed by atoms with Crippen LogP contribution in [0.3, 0.4) is 0 Å². The lowest BCUT2D eigenvalue weighted by atomic mass is 10.0. The van der Waals surface area contributed by atoms with Gasteiger partial charge in [-0.25, -0.2) is 0 Å². The molecular weight excluding hydrogens is 344 g/mol. The van der Waals surface area contributed by atoms with Crippen LogP contribution in [0.1, 0.15) is 35.7 Å². The number of ether oxygens (including phenoxy) is 2. The summed E-state index contributed by atoms with van der Waals surface area (Å²) in [4.78, 5) is 25.8. The maximum atomic E-state index is 12.9. The number of amides is 2. The van der Waals surface area contributed by atoms with Gasteiger partial charge in [0, 0.05) is 25.3 Å². The Hall–Kier alpha value is -3.02. The van der Waals surface area contributed by atoms with Crippen LogP contribution >= 0.6 is 0 Å². The van der Waals surface area contributed by atoms with Gasteiger partial charge in [-0.2, -0.15) is 0 Å². The van der Waals surface area contributed by atoms with Crippen molar-refractivity contribution in [1.82, 2.24) is 5.32 Å². The van der Waals surface area contributed by atoms with Crippen LogP contribution in [0, 0.1) is 0 Å². The molecule has 6 nitrogen and oxygen atoms in total. The van der Waals surface area contributed by atoms with Crippen molar-refractivity contribution in [2.75, 3.05) is 32.7 Å². The van der Waals surface area contributed by atoms with Gasteiger partial charge in [0.05, 0.1) is 7.11 Å². The maximum absolute atomic E-state index is 12.9. The minimum atomic E-state index is -0.248. The predicted octanol–water partition coefficient (Wildman–Crippen LogP) is 3.22. The molecule has 2 amide bonds. The fourth-order valence-electron chi connectivity index (χ4n) is 2.54. The molecule has 0 saturated heterocycles.